The Hall–Kier alpha value is -2.37. The summed E-state index contributed by atoms with van der Waals surface area (Å²) in [6.07, 6.45) is 2.78. The van der Waals surface area contributed by atoms with Crippen LogP contribution in [0.1, 0.15) is 19.3 Å². The van der Waals surface area contributed by atoms with E-state index in [9.17, 15) is 22.4 Å². The number of hydrogen-bond donors (Lipinski definition) is 2. The van der Waals surface area contributed by atoms with Crippen molar-refractivity contribution in [2.24, 2.45) is 5.92 Å². The third-order valence-corrected chi connectivity index (χ3v) is 7.10. The summed E-state index contributed by atoms with van der Waals surface area (Å²) in [5, 5.41) is 7.56. The molecule has 1 fully saturated rings. The lowest BCUT2D eigenvalue weighted by molar-refractivity contribution is -0.126. The topological polar surface area (TPSA) is 108 Å². The Kier molecular flexibility index (Phi) is 6.93. The number of hydrogen-bond acceptors (Lipinski definition) is 6. The number of anilines is 1. The van der Waals surface area contributed by atoms with E-state index in [1.807, 2.05) is 0 Å². The number of nitrogens with one attached hydrogen (secondary N) is 2. The van der Waals surface area contributed by atoms with Crippen molar-refractivity contribution in [3.8, 4) is 0 Å². The first-order valence-corrected chi connectivity index (χ1v) is 11.4. The van der Waals surface area contributed by atoms with Gasteiger partial charge in [-0.1, -0.05) is 0 Å². The standard InChI is InChI=1S/C18H21FN4O4S2/c19-14-3-5-15(6-4-14)29(26,27)23-10-1-2-13(12-23)17(25)20-8-7-16(24)22-18-21-9-11-28-18/h3-6,9,11,13H,1-2,7-8,10,12H2,(H,20,25)(H,21,22,24)/t13-/m0/s1. The zero-order valence-electron chi connectivity index (χ0n) is 15.5. The average Bonchev–Trinajstić information content (AvgIpc) is 3.21. The third-order valence-electron chi connectivity index (χ3n) is 4.54. The number of carbonyl (C=O) groups excluding carboxylic acids is 2. The molecule has 3 rings (SSSR count). The minimum atomic E-state index is -3.79. The summed E-state index contributed by atoms with van der Waals surface area (Å²) in [4.78, 5) is 28.2. The number of sulfonamides is 1. The van der Waals surface area contributed by atoms with Gasteiger partial charge in [0.1, 0.15) is 5.82 Å². The molecule has 1 saturated heterocycles. The van der Waals surface area contributed by atoms with E-state index >= 15 is 0 Å². The van der Waals surface area contributed by atoms with E-state index in [2.05, 4.69) is 15.6 Å². The van der Waals surface area contributed by atoms with Gasteiger partial charge in [-0.3, -0.25) is 9.59 Å². The summed E-state index contributed by atoms with van der Waals surface area (Å²) in [5.74, 6) is -1.56. The van der Waals surface area contributed by atoms with Crippen LogP contribution in [0.25, 0.3) is 0 Å². The van der Waals surface area contributed by atoms with Crippen molar-refractivity contribution >= 4 is 38.3 Å². The molecule has 0 bridgehead atoms. The first-order valence-electron chi connectivity index (χ1n) is 9.09. The summed E-state index contributed by atoms with van der Waals surface area (Å²) in [6, 6.07) is 4.63. The summed E-state index contributed by atoms with van der Waals surface area (Å²) in [5.41, 5.74) is 0. The van der Waals surface area contributed by atoms with Gasteiger partial charge in [0, 0.05) is 37.6 Å². The van der Waals surface area contributed by atoms with Gasteiger partial charge in [0.2, 0.25) is 21.8 Å². The maximum Gasteiger partial charge on any atom is 0.243 e. The maximum absolute atomic E-state index is 13.1. The molecule has 0 unspecified atom stereocenters. The molecule has 0 aliphatic carbocycles. The number of thiazole rings is 1. The fourth-order valence-electron chi connectivity index (χ4n) is 3.04. The second-order valence-electron chi connectivity index (χ2n) is 6.58. The van der Waals surface area contributed by atoms with E-state index in [0.717, 1.165) is 12.1 Å². The van der Waals surface area contributed by atoms with Crippen molar-refractivity contribution in [1.29, 1.82) is 0 Å². The van der Waals surface area contributed by atoms with Crippen molar-refractivity contribution in [2.45, 2.75) is 24.2 Å². The second-order valence-corrected chi connectivity index (χ2v) is 9.42. The molecule has 1 aromatic carbocycles. The van der Waals surface area contributed by atoms with Crippen LogP contribution in [-0.2, 0) is 19.6 Å². The SMILES string of the molecule is O=C(CCNC(=O)[C@H]1CCCN(S(=O)(=O)c2ccc(F)cc2)C1)Nc1nccs1. The molecular formula is C18H21FN4O4S2. The van der Waals surface area contributed by atoms with E-state index in [-0.39, 0.29) is 36.2 Å². The third kappa shape index (κ3) is 5.58. The summed E-state index contributed by atoms with van der Waals surface area (Å²) >= 11 is 1.30. The first kappa shape index (κ1) is 21.3. The molecule has 8 nitrogen and oxygen atoms in total. The Labute approximate surface area is 172 Å². The Balaban J connectivity index is 1.51. The highest BCUT2D eigenvalue weighted by Gasteiger charge is 2.33. The molecule has 1 aliphatic rings. The number of amides is 2. The Bertz CT molecular complexity index is 949. The molecule has 11 heteroatoms. The molecule has 2 N–H and O–H groups in total. The van der Waals surface area contributed by atoms with Crippen LogP contribution in [0.15, 0.2) is 40.7 Å². The minimum absolute atomic E-state index is 0.00110. The summed E-state index contributed by atoms with van der Waals surface area (Å²) in [6.45, 7) is 0.508. The molecule has 1 aliphatic heterocycles. The molecule has 2 aromatic rings. The van der Waals surface area contributed by atoms with E-state index in [4.69, 9.17) is 0 Å². The van der Waals surface area contributed by atoms with Gasteiger partial charge in [0.05, 0.1) is 10.8 Å². The second kappa shape index (κ2) is 9.42. The highest BCUT2D eigenvalue weighted by molar-refractivity contribution is 7.89. The van der Waals surface area contributed by atoms with Crippen molar-refractivity contribution < 1.29 is 22.4 Å². The van der Waals surface area contributed by atoms with Crippen LogP contribution in [0.5, 0.6) is 0 Å². The number of rotatable bonds is 7. The van der Waals surface area contributed by atoms with Gasteiger partial charge >= 0.3 is 0 Å². The molecule has 0 spiro atoms. The van der Waals surface area contributed by atoms with Crippen LogP contribution in [0.4, 0.5) is 9.52 Å². The normalized spacial score (nSPS) is 17.6. The molecule has 2 amide bonds. The van der Waals surface area contributed by atoms with Gasteiger partial charge in [-0.05, 0) is 37.1 Å². The largest absolute Gasteiger partial charge is 0.355 e. The molecule has 1 aromatic heterocycles. The van der Waals surface area contributed by atoms with Crippen molar-refractivity contribution in [3.63, 3.8) is 0 Å². The quantitative estimate of drug-likeness (QED) is 0.683. The molecule has 29 heavy (non-hydrogen) atoms. The van der Waals surface area contributed by atoms with Gasteiger partial charge < -0.3 is 10.6 Å². The molecule has 156 valence electrons. The molecular weight excluding hydrogens is 419 g/mol. The van der Waals surface area contributed by atoms with Gasteiger partial charge in [-0.15, -0.1) is 11.3 Å². The van der Waals surface area contributed by atoms with E-state index < -0.39 is 21.8 Å². The van der Waals surface area contributed by atoms with Crippen LogP contribution in [0.2, 0.25) is 0 Å². The fraction of sp³-hybridized carbons (Fsp3) is 0.389. The highest BCUT2D eigenvalue weighted by Crippen LogP contribution is 2.24. The minimum Gasteiger partial charge on any atom is -0.355 e. The monoisotopic (exact) mass is 440 g/mol. The lowest BCUT2D eigenvalue weighted by Crippen LogP contribution is -2.45. The van der Waals surface area contributed by atoms with Crippen LogP contribution >= 0.6 is 11.3 Å². The van der Waals surface area contributed by atoms with E-state index in [0.29, 0.717) is 24.5 Å². The fourth-order valence-corrected chi connectivity index (χ4v) is 5.11. The number of nitrogens with zero attached hydrogens (tertiary/aromatic N) is 2. The number of carbonyl (C=O) groups is 2. The van der Waals surface area contributed by atoms with Gasteiger partial charge in [-0.2, -0.15) is 4.31 Å². The zero-order valence-corrected chi connectivity index (χ0v) is 17.1. The molecule has 0 radical (unpaired) electrons. The average molecular weight is 441 g/mol. The lowest BCUT2D eigenvalue weighted by atomic mass is 9.99. The van der Waals surface area contributed by atoms with Crippen LogP contribution in [0.3, 0.4) is 0 Å². The van der Waals surface area contributed by atoms with Crippen molar-refractivity contribution in [1.82, 2.24) is 14.6 Å². The number of halogens is 1. The van der Waals surface area contributed by atoms with Gasteiger partial charge in [-0.25, -0.2) is 17.8 Å². The predicted octanol–water partition coefficient (Wildman–Crippen LogP) is 1.83. The Morgan fingerprint density at radius 2 is 2.03 bits per heavy atom. The molecule has 1 atom stereocenters. The Morgan fingerprint density at radius 3 is 2.72 bits per heavy atom. The summed E-state index contributed by atoms with van der Waals surface area (Å²) < 4.78 is 39.8. The lowest BCUT2D eigenvalue weighted by Gasteiger charge is -2.31. The first-order chi connectivity index (χ1) is 13.9. The van der Waals surface area contributed by atoms with Crippen LogP contribution in [0, 0.1) is 11.7 Å². The maximum atomic E-state index is 13.1. The van der Waals surface area contributed by atoms with E-state index in [1.165, 1.54) is 27.8 Å². The number of benzene rings is 1. The molecule has 0 saturated carbocycles. The molecule has 2 heterocycles. The zero-order chi connectivity index (χ0) is 20.9. The van der Waals surface area contributed by atoms with Crippen molar-refractivity contribution in [3.05, 3.63) is 41.7 Å². The van der Waals surface area contributed by atoms with E-state index in [1.54, 1.807) is 11.6 Å². The number of piperidine rings is 1. The van der Waals surface area contributed by atoms with Crippen LogP contribution in [-0.4, -0.2) is 49.2 Å². The summed E-state index contributed by atoms with van der Waals surface area (Å²) in [7, 11) is -3.79. The number of aromatic nitrogens is 1. The van der Waals surface area contributed by atoms with Gasteiger partial charge in [0.15, 0.2) is 5.13 Å². The van der Waals surface area contributed by atoms with Gasteiger partial charge in [0.25, 0.3) is 0 Å². The highest BCUT2D eigenvalue weighted by atomic mass is 32.2. The predicted molar refractivity (Wildman–Crippen MR) is 106 cm³/mol. The van der Waals surface area contributed by atoms with Crippen LogP contribution < -0.4 is 10.6 Å². The smallest absolute Gasteiger partial charge is 0.243 e. The van der Waals surface area contributed by atoms with Crippen molar-refractivity contribution in [2.75, 3.05) is 25.0 Å². The Morgan fingerprint density at radius 1 is 1.28 bits per heavy atom.